The first-order chi connectivity index (χ1) is 8.31. The lowest BCUT2D eigenvalue weighted by Crippen LogP contribution is -2.43. The smallest absolute Gasteiger partial charge is 0.310 e. The van der Waals surface area contributed by atoms with Gasteiger partial charge in [-0.05, 0) is 12.8 Å². The number of nitrogens with one attached hydrogen (secondary N) is 1. The van der Waals surface area contributed by atoms with Crippen LogP contribution in [0, 0.1) is 5.41 Å². The first-order valence-electron chi connectivity index (χ1n) is 6.02. The average Bonchev–Trinajstić information content (AvgIpc) is 2.22. The van der Waals surface area contributed by atoms with Crippen molar-refractivity contribution in [2.24, 2.45) is 5.41 Å². The molecule has 0 bridgehead atoms. The maximum atomic E-state index is 11.6. The number of carbonyl (C=O) groups excluding carboxylic acids is 1. The van der Waals surface area contributed by atoms with Gasteiger partial charge in [0, 0.05) is 18.7 Å². The van der Waals surface area contributed by atoms with Crippen LogP contribution in [0.15, 0.2) is 0 Å². The molecule has 0 atom stereocenters. The van der Waals surface area contributed by atoms with Gasteiger partial charge >= 0.3 is 5.97 Å². The van der Waals surface area contributed by atoms with E-state index in [1.54, 1.807) is 6.92 Å². The highest BCUT2D eigenvalue weighted by atomic mass is 32.2. The Balaban J connectivity index is 2.36. The molecule has 0 unspecified atom stereocenters. The Morgan fingerprint density at radius 3 is 2.33 bits per heavy atom. The molecule has 0 aromatic heterocycles. The molecule has 0 heterocycles. The maximum absolute atomic E-state index is 11.6. The van der Waals surface area contributed by atoms with Gasteiger partial charge in [-0.25, -0.2) is 8.42 Å². The summed E-state index contributed by atoms with van der Waals surface area (Å²) < 4.78 is 22.4. The molecular formula is C11H19NO5S. The molecule has 0 aromatic carbocycles. The van der Waals surface area contributed by atoms with Gasteiger partial charge in [0.05, 0.1) is 11.2 Å². The first kappa shape index (κ1) is 14.9. The minimum absolute atomic E-state index is 0.0436. The van der Waals surface area contributed by atoms with E-state index in [0.29, 0.717) is 12.8 Å². The fraction of sp³-hybridized carbons (Fsp3) is 0.818. The summed E-state index contributed by atoms with van der Waals surface area (Å²) in [4.78, 5) is 22.6. The lowest BCUT2D eigenvalue weighted by atomic mass is 9.66. The molecule has 0 radical (unpaired) electrons. The van der Waals surface area contributed by atoms with Crippen LogP contribution >= 0.6 is 0 Å². The summed E-state index contributed by atoms with van der Waals surface area (Å²) in [5.41, 5.74) is -0.923. The standard InChI is InChI=1S/C11H19NO5S/c1-2-18(16,17)7-6-12-9(13)8-11(10(14)15)4-3-5-11/h2-8H2,1H3,(H,12,13)(H,14,15). The zero-order valence-electron chi connectivity index (χ0n) is 10.4. The van der Waals surface area contributed by atoms with Crippen LogP contribution in [0.1, 0.15) is 32.6 Å². The largest absolute Gasteiger partial charge is 0.481 e. The number of carboxylic acids is 1. The zero-order chi connectivity index (χ0) is 13.8. The van der Waals surface area contributed by atoms with Crippen LogP contribution < -0.4 is 5.32 Å². The Hall–Kier alpha value is -1.11. The van der Waals surface area contributed by atoms with E-state index in [2.05, 4.69) is 5.32 Å². The second kappa shape index (κ2) is 5.69. The predicted octanol–water partition coefficient (Wildman–Crippen LogP) is 0.182. The molecular weight excluding hydrogens is 258 g/mol. The minimum atomic E-state index is -3.10. The molecule has 1 fully saturated rings. The zero-order valence-corrected chi connectivity index (χ0v) is 11.3. The van der Waals surface area contributed by atoms with Crippen molar-refractivity contribution in [1.82, 2.24) is 5.32 Å². The number of hydrogen-bond donors (Lipinski definition) is 2. The third kappa shape index (κ3) is 3.69. The Morgan fingerprint density at radius 1 is 1.33 bits per heavy atom. The quantitative estimate of drug-likeness (QED) is 0.691. The van der Waals surface area contributed by atoms with Gasteiger partial charge in [-0.1, -0.05) is 13.3 Å². The molecule has 104 valence electrons. The van der Waals surface area contributed by atoms with Gasteiger partial charge in [-0.2, -0.15) is 0 Å². The van der Waals surface area contributed by atoms with E-state index in [4.69, 9.17) is 5.11 Å². The molecule has 1 amide bonds. The van der Waals surface area contributed by atoms with Gasteiger partial charge in [0.1, 0.15) is 0 Å². The van der Waals surface area contributed by atoms with Gasteiger partial charge in [0.2, 0.25) is 5.91 Å². The third-order valence-electron chi connectivity index (χ3n) is 3.44. The monoisotopic (exact) mass is 277 g/mol. The summed E-state index contributed by atoms with van der Waals surface area (Å²) in [6, 6.07) is 0. The summed E-state index contributed by atoms with van der Waals surface area (Å²) >= 11 is 0. The van der Waals surface area contributed by atoms with E-state index < -0.39 is 21.2 Å². The van der Waals surface area contributed by atoms with Crippen LogP contribution in [-0.2, 0) is 19.4 Å². The second-order valence-corrected chi connectivity index (χ2v) is 7.17. The molecule has 1 aliphatic carbocycles. The molecule has 1 rings (SSSR count). The van der Waals surface area contributed by atoms with E-state index >= 15 is 0 Å². The van der Waals surface area contributed by atoms with Gasteiger partial charge < -0.3 is 10.4 Å². The fourth-order valence-corrected chi connectivity index (χ4v) is 2.63. The van der Waals surface area contributed by atoms with Crippen LogP contribution in [0.2, 0.25) is 0 Å². The van der Waals surface area contributed by atoms with E-state index in [1.807, 2.05) is 0 Å². The SMILES string of the molecule is CCS(=O)(=O)CCNC(=O)CC1(C(=O)O)CCC1. The van der Waals surface area contributed by atoms with Crippen molar-refractivity contribution in [2.75, 3.05) is 18.1 Å². The molecule has 6 nitrogen and oxygen atoms in total. The van der Waals surface area contributed by atoms with Gasteiger partial charge in [-0.3, -0.25) is 9.59 Å². The lowest BCUT2D eigenvalue weighted by Gasteiger charge is -2.36. The topological polar surface area (TPSA) is 101 Å². The highest BCUT2D eigenvalue weighted by Crippen LogP contribution is 2.44. The molecule has 2 N–H and O–H groups in total. The second-order valence-electron chi connectivity index (χ2n) is 4.70. The van der Waals surface area contributed by atoms with Crippen LogP contribution in [0.4, 0.5) is 0 Å². The summed E-state index contributed by atoms with van der Waals surface area (Å²) in [6.07, 6.45) is 1.80. The Labute approximate surface area is 107 Å². The first-order valence-corrected chi connectivity index (χ1v) is 7.84. The molecule has 1 aliphatic rings. The van der Waals surface area contributed by atoms with Crippen molar-refractivity contribution >= 4 is 21.7 Å². The normalized spacial score (nSPS) is 17.8. The fourth-order valence-electron chi connectivity index (χ4n) is 1.93. The Morgan fingerprint density at radius 2 is 1.94 bits per heavy atom. The molecule has 0 saturated heterocycles. The number of hydrogen-bond acceptors (Lipinski definition) is 4. The number of carboxylic acid groups (broad SMARTS) is 1. The number of rotatable bonds is 7. The summed E-state index contributed by atoms with van der Waals surface area (Å²) in [5.74, 6) is -1.38. The molecule has 0 aliphatic heterocycles. The van der Waals surface area contributed by atoms with Gasteiger partial charge in [-0.15, -0.1) is 0 Å². The van der Waals surface area contributed by atoms with Crippen molar-refractivity contribution in [3.63, 3.8) is 0 Å². The number of amides is 1. The van der Waals surface area contributed by atoms with Crippen LogP contribution in [0.25, 0.3) is 0 Å². The third-order valence-corrected chi connectivity index (χ3v) is 5.14. The maximum Gasteiger partial charge on any atom is 0.310 e. The number of aliphatic carboxylic acids is 1. The van der Waals surface area contributed by atoms with E-state index in [9.17, 15) is 18.0 Å². The summed E-state index contributed by atoms with van der Waals surface area (Å²) in [7, 11) is -3.10. The van der Waals surface area contributed by atoms with Crippen molar-refractivity contribution in [3.05, 3.63) is 0 Å². The van der Waals surface area contributed by atoms with Crippen molar-refractivity contribution in [2.45, 2.75) is 32.6 Å². The number of sulfone groups is 1. The summed E-state index contributed by atoms with van der Waals surface area (Å²) in [6.45, 7) is 1.59. The molecule has 18 heavy (non-hydrogen) atoms. The molecule has 0 aromatic rings. The van der Waals surface area contributed by atoms with E-state index in [1.165, 1.54) is 0 Å². The van der Waals surface area contributed by atoms with Crippen molar-refractivity contribution < 1.29 is 23.1 Å². The lowest BCUT2D eigenvalue weighted by molar-refractivity contribution is -0.157. The van der Waals surface area contributed by atoms with Crippen molar-refractivity contribution in [1.29, 1.82) is 0 Å². The van der Waals surface area contributed by atoms with Crippen molar-refractivity contribution in [3.8, 4) is 0 Å². The molecule has 0 spiro atoms. The highest BCUT2D eigenvalue weighted by Gasteiger charge is 2.45. The Kier molecular flexibility index (Phi) is 4.72. The van der Waals surface area contributed by atoms with Gasteiger partial charge in [0.15, 0.2) is 9.84 Å². The minimum Gasteiger partial charge on any atom is -0.481 e. The van der Waals surface area contributed by atoms with Crippen LogP contribution in [0.5, 0.6) is 0 Å². The summed E-state index contributed by atoms with van der Waals surface area (Å²) in [5, 5.41) is 11.5. The van der Waals surface area contributed by atoms with Gasteiger partial charge in [0.25, 0.3) is 0 Å². The van der Waals surface area contributed by atoms with E-state index in [0.717, 1.165) is 6.42 Å². The highest BCUT2D eigenvalue weighted by molar-refractivity contribution is 7.91. The van der Waals surface area contributed by atoms with Crippen LogP contribution in [-0.4, -0.2) is 43.5 Å². The van der Waals surface area contributed by atoms with E-state index in [-0.39, 0.29) is 30.4 Å². The number of carbonyl (C=O) groups is 2. The molecule has 7 heteroatoms. The molecule has 1 saturated carbocycles. The average molecular weight is 277 g/mol. The Bertz CT molecular complexity index is 425. The van der Waals surface area contributed by atoms with Crippen LogP contribution in [0.3, 0.4) is 0 Å². The predicted molar refractivity (Wildman–Crippen MR) is 65.9 cm³/mol.